The number of hydrogen-bond donors (Lipinski definition) is 2. The third-order valence-electron chi connectivity index (χ3n) is 3.66. The summed E-state index contributed by atoms with van der Waals surface area (Å²) in [6, 6.07) is 4.79. The van der Waals surface area contributed by atoms with Crippen molar-refractivity contribution in [1.29, 1.82) is 0 Å². The third-order valence-corrected chi connectivity index (χ3v) is 4.92. The second kappa shape index (κ2) is 7.59. The molecule has 2 rings (SSSR count). The predicted molar refractivity (Wildman–Crippen MR) is 96.2 cm³/mol. The molecule has 1 heterocycles. The fraction of sp³-hybridized carbons (Fsp3) is 0.235. The number of pyridine rings is 1. The Morgan fingerprint density at radius 3 is 2.64 bits per heavy atom. The quantitative estimate of drug-likeness (QED) is 0.553. The molecule has 1 aromatic carbocycles. The van der Waals surface area contributed by atoms with E-state index in [-0.39, 0.29) is 17.2 Å². The maximum absolute atomic E-state index is 12.8. The van der Waals surface area contributed by atoms with E-state index >= 15 is 0 Å². The number of phenols is 1. The molecule has 2 aromatic rings. The minimum atomic E-state index is -3.71. The Hall–Kier alpha value is -2.50. The molecule has 25 heavy (non-hydrogen) atoms. The van der Waals surface area contributed by atoms with Crippen molar-refractivity contribution < 1.29 is 23.6 Å². The lowest BCUT2D eigenvalue weighted by molar-refractivity contribution is 0.324. The van der Waals surface area contributed by atoms with Gasteiger partial charge in [-0.25, -0.2) is 15.0 Å². The van der Waals surface area contributed by atoms with Gasteiger partial charge in [0.15, 0.2) is 17.3 Å². The number of aromatic nitrogens is 1. The Morgan fingerprint density at radius 1 is 1.28 bits per heavy atom. The van der Waals surface area contributed by atoms with Crippen LogP contribution in [0.4, 0.5) is 5.82 Å². The molecule has 0 radical (unpaired) electrons. The summed E-state index contributed by atoms with van der Waals surface area (Å²) in [4.78, 5) is 4.14. The molecule has 0 amide bonds. The zero-order valence-corrected chi connectivity index (χ0v) is 15.5. The molecular formula is C17H21N2O5P. The Morgan fingerprint density at radius 2 is 2.00 bits per heavy atom. The van der Waals surface area contributed by atoms with Crippen LogP contribution in [0.25, 0.3) is 0 Å². The highest BCUT2D eigenvalue weighted by atomic mass is 31.2. The van der Waals surface area contributed by atoms with Gasteiger partial charge in [-0.1, -0.05) is 6.58 Å². The van der Waals surface area contributed by atoms with Crippen molar-refractivity contribution in [2.24, 2.45) is 0 Å². The number of anilines is 1. The normalized spacial score (nSPS) is 13.0. The molecule has 0 aliphatic rings. The van der Waals surface area contributed by atoms with Gasteiger partial charge in [0.1, 0.15) is 5.75 Å². The van der Waals surface area contributed by atoms with Crippen molar-refractivity contribution in [3.8, 4) is 17.2 Å². The van der Waals surface area contributed by atoms with E-state index in [9.17, 15) is 9.67 Å². The first-order chi connectivity index (χ1) is 11.8. The van der Waals surface area contributed by atoms with Crippen LogP contribution >= 0.6 is 7.60 Å². The topological polar surface area (TPSA) is 89.9 Å². The van der Waals surface area contributed by atoms with Crippen LogP contribution in [-0.4, -0.2) is 17.2 Å². The molecule has 1 atom stereocenters. The SMILES string of the molecule is C=CP(=O)(ONc1nccc(C)c1C)Oc1cc(C)c(O)c(OC)c1. The van der Waals surface area contributed by atoms with Gasteiger partial charge in [-0.15, -0.1) is 0 Å². The first-order valence-corrected chi connectivity index (χ1v) is 9.08. The number of phenolic OH excluding ortho intramolecular Hbond substituents is 1. The van der Waals surface area contributed by atoms with Crippen LogP contribution in [-0.2, 0) is 9.19 Å². The number of nitrogens with zero attached hydrogens (tertiary/aromatic N) is 1. The number of benzene rings is 1. The highest BCUT2D eigenvalue weighted by molar-refractivity contribution is 7.57. The molecule has 1 aromatic heterocycles. The maximum atomic E-state index is 12.8. The molecule has 0 saturated carbocycles. The lowest BCUT2D eigenvalue weighted by Gasteiger charge is -2.18. The fourth-order valence-corrected chi connectivity index (χ4v) is 2.80. The molecule has 134 valence electrons. The van der Waals surface area contributed by atoms with Crippen molar-refractivity contribution in [2.75, 3.05) is 12.6 Å². The highest BCUT2D eigenvalue weighted by Gasteiger charge is 2.24. The Kier molecular flexibility index (Phi) is 5.72. The molecule has 0 aliphatic carbocycles. The third kappa shape index (κ3) is 4.32. The van der Waals surface area contributed by atoms with E-state index in [0.717, 1.165) is 16.9 Å². The van der Waals surface area contributed by atoms with Crippen LogP contribution in [0.3, 0.4) is 0 Å². The zero-order chi connectivity index (χ0) is 18.6. The van der Waals surface area contributed by atoms with E-state index < -0.39 is 7.60 Å². The van der Waals surface area contributed by atoms with E-state index in [1.807, 2.05) is 19.9 Å². The largest absolute Gasteiger partial charge is 0.504 e. The van der Waals surface area contributed by atoms with Crippen LogP contribution in [0.15, 0.2) is 36.8 Å². The van der Waals surface area contributed by atoms with Gasteiger partial charge in [-0.2, -0.15) is 4.62 Å². The average Bonchev–Trinajstić information content (AvgIpc) is 2.59. The summed E-state index contributed by atoms with van der Waals surface area (Å²) in [5.74, 6) is 1.92. The minimum Gasteiger partial charge on any atom is -0.504 e. The summed E-state index contributed by atoms with van der Waals surface area (Å²) in [6.07, 6.45) is 1.61. The van der Waals surface area contributed by atoms with E-state index in [4.69, 9.17) is 13.9 Å². The molecular weight excluding hydrogens is 343 g/mol. The lowest BCUT2D eigenvalue weighted by Crippen LogP contribution is -2.06. The molecule has 0 spiro atoms. The van der Waals surface area contributed by atoms with E-state index in [1.165, 1.54) is 19.2 Å². The standard InChI is InChI=1S/C17H21N2O5P/c1-6-25(21,24-19-17-13(4)11(2)7-8-18-17)23-14-9-12(3)16(20)15(10-14)22-5/h6-10,20H,1H2,2-5H3,(H,18,19). The number of nitrogens with one attached hydrogen (secondary N) is 1. The summed E-state index contributed by atoms with van der Waals surface area (Å²) >= 11 is 0. The second-order valence-corrected chi connectivity index (χ2v) is 7.21. The van der Waals surface area contributed by atoms with Gasteiger partial charge in [-0.05, 0) is 49.6 Å². The summed E-state index contributed by atoms with van der Waals surface area (Å²) in [5, 5.41) is 9.86. The molecule has 1 unspecified atom stereocenters. The van der Waals surface area contributed by atoms with Crippen LogP contribution in [0, 0.1) is 20.8 Å². The summed E-state index contributed by atoms with van der Waals surface area (Å²) in [7, 11) is -2.30. The van der Waals surface area contributed by atoms with Crippen LogP contribution in [0.5, 0.6) is 17.2 Å². The second-order valence-electron chi connectivity index (χ2n) is 5.40. The predicted octanol–water partition coefficient (Wildman–Crippen LogP) is 4.48. The number of aromatic hydroxyl groups is 1. The summed E-state index contributed by atoms with van der Waals surface area (Å²) in [6.45, 7) is 8.97. The van der Waals surface area contributed by atoms with Crippen molar-refractivity contribution in [2.45, 2.75) is 20.8 Å². The smallest absolute Gasteiger partial charge is 0.424 e. The van der Waals surface area contributed by atoms with Gasteiger partial charge in [0.05, 0.1) is 7.11 Å². The fourth-order valence-electron chi connectivity index (χ4n) is 2.01. The van der Waals surface area contributed by atoms with Crippen LogP contribution in [0.1, 0.15) is 16.7 Å². The van der Waals surface area contributed by atoms with Crippen LogP contribution < -0.4 is 14.7 Å². The van der Waals surface area contributed by atoms with Gasteiger partial charge >= 0.3 is 7.60 Å². The van der Waals surface area contributed by atoms with Crippen molar-refractivity contribution in [3.05, 3.63) is 53.5 Å². The van der Waals surface area contributed by atoms with Gasteiger partial charge in [0.2, 0.25) is 0 Å². The molecule has 0 saturated heterocycles. The van der Waals surface area contributed by atoms with E-state index in [2.05, 4.69) is 17.0 Å². The number of hydrogen-bond acceptors (Lipinski definition) is 7. The Bertz CT molecular complexity index is 838. The van der Waals surface area contributed by atoms with E-state index in [0.29, 0.717) is 11.4 Å². The monoisotopic (exact) mass is 364 g/mol. The molecule has 8 heteroatoms. The van der Waals surface area contributed by atoms with Gasteiger partial charge < -0.3 is 14.4 Å². The first kappa shape index (κ1) is 18.8. The maximum Gasteiger partial charge on any atom is 0.424 e. The molecule has 0 fully saturated rings. The highest BCUT2D eigenvalue weighted by Crippen LogP contribution is 2.50. The van der Waals surface area contributed by atoms with Crippen molar-refractivity contribution in [1.82, 2.24) is 4.98 Å². The zero-order valence-electron chi connectivity index (χ0n) is 14.6. The average molecular weight is 364 g/mol. The van der Waals surface area contributed by atoms with Gasteiger partial charge in [0.25, 0.3) is 0 Å². The first-order valence-electron chi connectivity index (χ1n) is 7.47. The Balaban J connectivity index is 2.20. The van der Waals surface area contributed by atoms with Gasteiger partial charge in [-0.3, -0.25) is 0 Å². The Labute approximate surface area is 146 Å². The van der Waals surface area contributed by atoms with E-state index in [1.54, 1.807) is 13.1 Å². The minimum absolute atomic E-state index is 0.0121. The number of rotatable bonds is 7. The molecule has 7 nitrogen and oxygen atoms in total. The van der Waals surface area contributed by atoms with Crippen molar-refractivity contribution >= 4 is 13.4 Å². The molecule has 0 aliphatic heterocycles. The number of aryl methyl sites for hydroxylation is 2. The molecule has 0 bridgehead atoms. The van der Waals surface area contributed by atoms with Gasteiger partial charge in [0, 0.05) is 18.1 Å². The molecule has 2 N–H and O–H groups in total. The lowest BCUT2D eigenvalue weighted by atomic mass is 10.2. The van der Waals surface area contributed by atoms with Crippen molar-refractivity contribution in [3.63, 3.8) is 0 Å². The van der Waals surface area contributed by atoms with Crippen LogP contribution in [0.2, 0.25) is 0 Å². The number of methoxy groups -OCH3 is 1. The summed E-state index contributed by atoms with van der Waals surface area (Å²) in [5.41, 5.74) is 4.95. The number of ether oxygens (including phenoxy) is 1. The summed E-state index contributed by atoms with van der Waals surface area (Å²) < 4.78 is 28.5.